The highest BCUT2D eigenvalue weighted by Crippen LogP contribution is 2.14. The fourth-order valence-electron chi connectivity index (χ4n) is 1.62. The molecule has 1 aromatic heterocycles. The van der Waals surface area contributed by atoms with Crippen LogP contribution in [-0.4, -0.2) is 29.5 Å². The van der Waals surface area contributed by atoms with Gasteiger partial charge >= 0.3 is 0 Å². The standard InChI is InChI=1S/C12H14N2O2/c1-3-12-13-9-5-4-8(6-10(9)14-12)11(15)7-16-2/h4-6H,3,7H2,1-2H3,(H,13,14). The summed E-state index contributed by atoms with van der Waals surface area (Å²) in [4.78, 5) is 19.2. The van der Waals surface area contributed by atoms with E-state index in [0.29, 0.717) is 5.56 Å². The predicted octanol–water partition coefficient (Wildman–Crippen LogP) is 1.95. The van der Waals surface area contributed by atoms with Crippen molar-refractivity contribution in [2.45, 2.75) is 13.3 Å². The zero-order chi connectivity index (χ0) is 11.5. The van der Waals surface area contributed by atoms with Crippen molar-refractivity contribution < 1.29 is 9.53 Å². The fraction of sp³-hybridized carbons (Fsp3) is 0.333. The Morgan fingerprint density at radius 3 is 3.00 bits per heavy atom. The number of nitrogens with zero attached hydrogens (tertiary/aromatic N) is 1. The van der Waals surface area contributed by atoms with Gasteiger partial charge in [0.1, 0.15) is 12.4 Å². The molecule has 0 saturated heterocycles. The number of aryl methyl sites for hydroxylation is 1. The molecule has 2 aromatic rings. The molecule has 2 rings (SSSR count). The Balaban J connectivity index is 2.39. The zero-order valence-corrected chi connectivity index (χ0v) is 9.41. The van der Waals surface area contributed by atoms with Gasteiger partial charge in [-0.05, 0) is 18.2 Å². The van der Waals surface area contributed by atoms with E-state index in [0.717, 1.165) is 23.3 Å². The van der Waals surface area contributed by atoms with Gasteiger partial charge in [-0.3, -0.25) is 4.79 Å². The van der Waals surface area contributed by atoms with Gasteiger partial charge in [-0.25, -0.2) is 4.98 Å². The van der Waals surface area contributed by atoms with E-state index in [9.17, 15) is 4.79 Å². The lowest BCUT2D eigenvalue weighted by atomic mass is 10.1. The number of ether oxygens (including phenoxy) is 1. The van der Waals surface area contributed by atoms with E-state index in [4.69, 9.17) is 4.74 Å². The van der Waals surface area contributed by atoms with Gasteiger partial charge in [0.05, 0.1) is 11.0 Å². The summed E-state index contributed by atoms with van der Waals surface area (Å²) in [5.41, 5.74) is 2.45. The fourth-order valence-corrected chi connectivity index (χ4v) is 1.62. The van der Waals surface area contributed by atoms with E-state index in [2.05, 4.69) is 9.97 Å². The van der Waals surface area contributed by atoms with Crippen molar-refractivity contribution in [3.63, 3.8) is 0 Å². The molecule has 0 amide bonds. The average Bonchev–Trinajstić information content (AvgIpc) is 2.70. The Hall–Kier alpha value is -1.68. The number of rotatable bonds is 4. The third-order valence-corrected chi connectivity index (χ3v) is 2.46. The van der Waals surface area contributed by atoms with Crippen molar-refractivity contribution in [3.05, 3.63) is 29.6 Å². The molecule has 1 heterocycles. The summed E-state index contributed by atoms with van der Waals surface area (Å²) in [5.74, 6) is 0.920. The van der Waals surface area contributed by atoms with E-state index in [1.165, 1.54) is 7.11 Å². The van der Waals surface area contributed by atoms with Crippen LogP contribution in [0.15, 0.2) is 18.2 Å². The number of carbonyl (C=O) groups is 1. The molecule has 1 aromatic carbocycles. The predicted molar refractivity (Wildman–Crippen MR) is 61.7 cm³/mol. The highest BCUT2D eigenvalue weighted by molar-refractivity contribution is 5.99. The number of hydrogen-bond donors (Lipinski definition) is 1. The first kappa shape index (κ1) is 10.8. The summed E-state index contributed by atoms with van der Waals surface area (Å²) in [7, 11) is 1.52. The minimum Gasteiger partial charge on any atom is -0.377 e. The topological polar surface area (TPSA) is 55.0 Å². The molecular weight excluding hydrogens is 204 g/mol. The molecule has 0 atom stereocenters. The monoisotopic (exact) mass is 218 g/mol. The van der Waals surface area contributed by atoms with Gasteiger partial charge in [0.15, 0.2) is 5.78 Å². The molecule has 0 unspecified atom stereocenters. The van der Waals surface area contributed by atoms with Gasteiger partial charge in [0, 0.05) is 19.1 Å². The van der Waals surface area contributed by atoms with Crippen LogP contribution in [-0.2, 0) is 11.2 Å². The quantitative estimate of drug-likeness (QED) is 0.798. The number of carbonyl (C=O) groups excluding carboxylic acids is 1. The minimum absolute atomic E-state index is 0.0166. The van der Waals surface area contributed by atoms with Crippen LogP contribution in [0.5, 0.6) is 0 Å². The van der Waals surface area contributed by atoms with E-state index in [1.54, 1.807) is 6.07 Å². The van der Waals surface area contributed by atoms with Crippen LogP contribution in [0.1, 0.15) is 23.1 Å². The minimum atomic E-state index is -0.0166. The van der Waals surface area contributed by atoms with Crippen molar-refractivity contribution in [1.29, 1.82) is 0 Å². The number of methoxy groups -OCH3 is 1. The highest BCUT2D eigenvalue weighted by atomic mass is 16.5. The van der Waals surface area contributed by atoms with Crippen molar-refractivity contribution in [1.82, 2.24) is 9.97 Å². The maximum absolute atomic E-state index is 11.6. The number of hydrogen-bond acceptors (Lipinski definition) is 3. The van der Waals surface area contributed by atoms with E-state index >= 15 is 0 Å². The second-order valence-electron chi connectivity index (χ2n) is 3.63. The lowest BCUT2D eigenvalue weighted by Gasteiger charge is -1.98. The molecule has 0 aliphatic carbocycles. The van der Waals surface area contributed by atoms with Crippen LogP contribution in [0.4, 0.5) is 0 Å². The Kier molecular flexibility index (Phi) is 3.01. The molecule has 16 heavy (non-hydrogen) atoms. The van der Waals surface area contributed by atoms with Crippen LogP contribution in [0.2, 0.25) is 0 Å². The van der Waals surface area contributed by atoms with Gasteiger partial charge in [0.25, 0.3) is 0 Å². The number of H-pyrrole nitrogens is 1. The normalized spacial score (nSPS) is 10.9. The van der Waals surface area contributed by atoms with Crippen LogP contribution in [0, 0.1) is 0 Å². The molecule has 4 nitrogen and oxygen atoms in total. The van der Waals surface area contributed by atoms with Crippen LogP contribution in [0.3, 0.4) is 0 Å². The number of ketones is 1. The van der Waals surface area contributed by atoms with Gasteiger partial charge in [-0.15, -0.1) is 0 Å². The number of benzene rings is 1. The summed E-state index contributed by atoms with van der Waals surface area (Å²) in [6, 6.07) is 5.46. The van der Waals surface area contributed by atoms with Gasteiger partial charge in [-0.2, -0.15) is 0 Å². The largest absolute Gasteiger partial charge is 0.377 e. The average molecular weight is 218 g/mol. The summed E-state index contributed by atoms with van der Waals surface area (Å²) in [5, 5.41) is 0. The number of imidazole rings is 1. The SMILES string of the molecule is CCc1nc2ccc(C(=O)COC)cc2[nH]1. The number of fused-ring (bicyclic) bond motifs is 1. The van der Waals surface area contributed by atoms with Crippen molar-refractivity contribution in [2.75, 3.05) is 13.7 Å². The van der Waals surface area contributed by atoms with Gasteiger partial charge in [0.2, 0.25) is 0 Å². The van der Waals surface area contributed by atoms with Gasteiger partial charge < -0.3 is 9.72 Å². The molecule has 0 fully saturated rings. The zero-order valence-electron chi connectivity index (χ0n) is 9.41. The van der Waals surface area contributed by atoms with Gasteiger partial charge in [-0.1, -0.05) is 6.92 Å². The number of aromatic nitrogens is 2. The summed E-state index contributed by atoms with van der Waals surface area (Å²) in [6.07, 6.45) is 0.857. The smallest absolute Gasteiger partial charge is 0.188 e. The molecular formula is C12H14N2O2. The lowest BCUT2D eigenvalue weighted by Crippen LogP contribution is -2.06. The molecule has 0 aliphatic rings. The number of nitrogens with one attached hydrogen (secondary N) is 1. The first-order valence-electron chi connectivity index (χ1n) is 5.25. The molecule has 84 valence electrons. The Morgan fingerprint density at radius 2 is 2.31 bits per heavy atom. The Labute approximate surface area is 93.6 Å². The maximum atomic E-state index is 11.6. The van der Waals surface area contributed by atoms with Crippen molar-refractivity contribution in [3.8, 4) is 0 Å². The van der Waals surface area contributed by atoms with E-state index in [-0.39, 0.29) is 12.4 Å². The first-order valence-corrected chi connectivity index (χ1v) is 5.25. The second-order valence-corrected chi connectivity index (χ2v) is 3.63. The Bertz CT molecular complexity index is 517. The lowest BCUT2D eigenvalue weighted by molar-refractivity contribution is 0.0848. The number of Topliss-reactive ketones (excluding diaryl/α,β-unsaturated/α-hetero) is 1. The molecule has 0 radical (unpaired) electrons. The van der Waals surface area contributed by atoms with Crippen LogP contribution >= 0.6 is 0 Å². The molecule has 0 spiro atoms. The molecule has 0 aliphatic heterocycles. The summed E-state index contributed by atoms with van der Waals surface area (Å²) >= 11 is 0. The van der Waals surface area contributed by atoms with Crippen LogP contribution < -0.4 is 0 Å². The van der Waals surface area contributed by atoms with Crippen molar-refractivity contribution in [2.24, 2.45) is 0 Å². The number of aromatic amines is 1. The van der Waals surface area contributed by atoms with E-state index < -0.39 is 0 Å². The molecule has 4 heteroatoms. The van der Waals surface area contributed by atoms with Crippen LogP contribution in [0.25, 0.3) is 11.0 Å². The molecule has 0 bridgehead atoms. The molecule has 1 N–H and O–H groups in total. The summed E-state index contributed by atoms with van der Waals surface area (Å²) in [6.45, 7) is 2.15. The highest BCUT2D eigenvalue weighted by Gasteiger charge is 2.08. The summed E-state index contributed by atoms with van der Waals surface area (Å²) < 4.78 is 4.82. The Morgan fingerprint density at radius 1 is 1.50 bits per heavy atom. The first-order chi connectivity index (χ1) is 7.74. The molecule has 0 saturated carbocycles. The third-order valence-electron chi connectivity index (χ3n) is 2.46. The van der Waals surface area contributed by atoms with Crippen molar-refractivity contribution >= 4 is 16.8 Å². The third kappa shape index (κ3) is 1.97. The maximum Gasteiger partial charge on any atom is 0.188 e. The second kappa shape index (κ2) is 4.45. The van der Waals surface area contributed by atoms with E-state index in [1.807, 2.05) is 19.1 Å².